The van der Waals surface area contributed by atoms with Crippen molar-refractivity contribution in [2.24, 2.45) is 0 Å². The average Bonchev–Trinajstić information content (AvgIpc) is 1.65. The van der Waals surface area contributed by atoms with E-state index in [2.05, 4.69) is 0 Å². The second-order valence-electron chi connectivity index (χ2n) is 1.25. The predicted molar refractivity (Wildman–Crippen MR) is 30.7 cm³/mol. The molecule has 0 saturated carbocycles. The maximum Gasteiger partial charge on any atom is 0.388 e. The standard InChI is InChI=1S/C4H6F2O2S/c1-2-9-4(5,6)3(7)8/h2H2,1H3,(H,7,8). The molecule has 0 amide bonds. The fourth-order valence-corrected chi connectivity index (χ4v) is 0.729. The Bertz CT molecular complexity index is 115. The van der Waals surface area contributed by atoms with Crippen LogP contribution in [0.25, 0.3) is 0 Å². The van der Waals surface area contributed by atoms with Crippen molar-refractivity contribution in [3.05, 3.63) is 0 Å². The summed E-state index contributed by atoms with van der Waals surface area (Å²) in [5.41, 5.74) is 0. The molecule has 0 unspecified atom stereocenters. The lowest BCUT2D eigenvalue weighted by Crippen LogP contribution is -2.23. The van der Waals surface area contributed by atoms with Crippen molar-refractivity contribution in [1.29, 1.82) is 0 Å². The molecule has 0 fully saturated rings. The van der Waals surface area contributed by atoms with E-state index in [4.69, 9.17) is 5.11 Å². The van der Waals surface area contributed by atoms with Gasteiger partial charge < -0.3 is 5.11 Å². The van der Waals surface area contributed by atoms with E-state index in [1.54, 1.807) is 0 Å². The Balaban J connectivity index is 3.85. The van der Waals surface area contributed by atoms with Gasteiger partial charge in [-0.25, -0.2) is 4.79 Å². The zero-order valence-electron chi connectivity index (χ0n) is 4.73. The number of rotatable bonds is 3. The topological polar surface area (TPSA) is 37.3 Å². The van der Waals surface area contributed by atoms with Gasteiger partial charge in [-0.05, 0) is 5.75 Å². The van der Waals surface area contributed by atoms with Crippen molar-refractivity contribution in [3.8, 4) is 0 Å². The number of alkyl halides is 2. The number of carbonyl (C=O) groups is 1. The first-order valence-corrected chi connectivity index (χ1v) is 3.24. The molecule has 0 heterocycles. The van der Waals surface area contributed by atoms with Gasteiger partial charge in [-0.3, -0.25) is 0 Å². The number of carboxylic acids is 1. The van der Waals surface area contributed by atoms with Crippen molar-refractivity contribution < 1.29 is 18.7 Å². The molecule has 54 valence electrons. The number of halogens is 2. The van der Waals surface area contributed by atoms with Crippen LogP contribution in [0.2, 0.25) is 0 Å². The van der Waals surface area contributed by atoms with Crippen LogP contribution in [0.15, 0.2) is 0 Å². The van der Waals surface area contributed by atoms with Gasteiger partial charge in [0.1, 0.15) is 0 Å². The van der Waals surface area contributed by atoms with Crippen LogP contribution in [0, 0.1) is 0 Å². The smallest absolute Gasteiger partial charge is 0.388 e. The molecule has 9 heavy (non-hydrogen) atoms. The molecule has 2 nitrogen and oxygen atoms in total. The van der Waals surface area contributed by atoms with E-state index in [0.29, 0.717) is 0 Å². The third kappa shape index (κ3) is 2.64. The Kier molecular flexibility index (Phi) is 2.90. The van der Waals surface area contributed by atoms with Gasteiger partial charge in [-0.15, -0.1) is 0 Å². The Morgan fingerprint density at radius 1 is 1.78 bits per heavy atom. The van der Waals surface area contributed by atoms with Gasteiger partial charge >= 0.3 is 11.2 Å². The molecule has 0 aromatic carbocycles. The summed E-state index contributed by atoms with van der Waals surface area (Å²) in [7, 11) is 0. The Morgan fingerprint density at radius 3 is 2.33 bits per heavy atom. The highest BCUT2D eigenvalue weighted by Crippen LogP contribution is 2.28. The lowest BCUT2D eigenvalue weighted by Gasteiger charge is -2.06. The predicted octanol–water partition coefficient (Wildman–Crippen LogP) is 1.42. The molecule has 0 saturated heterocycles. The molecule has 0 aromatic rings. The minimum Gasteiger partial charge on any atom is -0.476 e. The Hall–Kier alpha value is -0.320. The molecule has 0 spiro atoms. The highest BCUT2D eigenvalue weighted by atomic mass is 32.2. The van der Waals surface area contributed by atoms with E-state index >= 15 is 0 Å². The molecule has 0 aliphatic rings. The van der Waals surface area contributed by atoms with Gasteiger partial charge in [0.05, 0.1) is 0 Å². The first-order valence-electron chi connectivity index (χ1n) is 2.26. The van der Waals surface area contributed by atoms with Crippen molar-refractivity contribution in [2.75, 3.05) is 5.75 Å². The van der Waals surface area contributed by atoms with Crippen molar-refractivity contribution in [2.45, 2.75) is 12.2 Å². The van der Waals surface area contributed by atoms with Crippen LogP contribution in [0.4, 0.5) is 8.78 Å². The van der Waals surface area contributed by atoms with E-state index in [0.717, 1.165) is 0 Å². The van der Waals surface area contributed by atoms with Crippen LogP contribution < -0.4 is 0 Å². The van der Waals surface area contributed by atoms with Gasteiger partial charge in [-0.2, -0.15) is 8.78 Å². The summed E-state index contributed by atoms with van der Waals surface area (Å²) in [6, 6.07) is 0. The summed E-state index contributed by atoms with van der Waals surface area (Å²) in [6.07, 6.45) is 0. The highest BCUT2D eigenvalue weighted by Gasteiger charge is 2.38. The fourth-order valence-electron chi connectivity index (χ4n) is 0.243. The summed E-state index contributed by atoms with van der Waals surface area (Å²) in [5, 5.41) is 4.19. The minimum absolute atomic E-state index is 0.0965. The summed E-state index contributed by atoms with van der Waals surface area (Å²) in [4.78, 5) is 9.64. The number of carboxylic acid groups (broad SMARTS) is 1. The van der Waals surface area contributed by atoms with Gasteiger partial charge in [0.15, 0.2) is 0 Å². The largest absolute Gasteiger partial charge is 0.476 e. The van der Waals surface area contributed by atoms with Gasteiger partial charge in [-0.1, -0.05) is 18.7 Å². The van der Waals surface area contributed by atoms with Crippen molar-refractivity contribution in [1.82, 2.24) is 0 Å². The number of hydrogen-bond donors (Lipinski definition) is 1. The summed E-state index contributed by atoms with van der Waals surface area (Å²) in [5.74, 6) is -1.98. The number of aliphatic carboxylic acids is 1. The van der Waals surface area contributed by atoms with E-state index in [-0.39, 0.29) is 17.5 Å². The third-order valence-corrected chi connectivity index (χ3v) is 1.40. The van der Waals surface area contributed by atoms with E-state index < -0.39 is 11.2 Å². The lowest BCUT2D eigenvalue weighted by atomic mass is 10.7. The molecule has 1 N–H and O–H groups in total. The Morgan fingerprint density at radius 2 is 2.22 bits per heavy atom. The molecule has 0 radical (unpaired) electrons. The summed E-state index contributed by atoms with van der Waals surface area (Å²) < 4.78 is 23.8. The molecule has 0 aliphatic carbocycles. The molecule has 0 atom stereocenters. The molecule has 5 heteroatoms. The maximum absolute atomic E-state index is 11.9. The van der Waals surface area contributed by atoms with Gasteiger partial charge in [0, 0.05) is 0 Å². The van der Waals surface area contributed by atoms with E-state index in [1.807, 2.05) is 0 Å². The van der Waals surface area contributed by atoms with Crippen LogP contribution >= 0.6 is 11.8 Å². The molecular weight excluding hydrogens is 150 g/mol. The fraction of sp³-hybridized carbons (Fsp3) is 0.750. The normalized spacial score (nSPS) is 11.4. The van der Waals surface area contributed by atoms with E-state index in [1.165, 1.54) is 6.92 Å². The minimum atomic E-state index is -3.62. The monoisotopic (exact) mass is 156 g/mol. The summed E-state index contributed by atoms with van der Waals surface area (Å²) in [6.45, 7) is 1.47. The SMILES string of the molecule is CCSC(F)(F)C(=O)O. The van der Waals surface area contributed by atoms with Crippen molar-refractivity contribution >= 4 is 17.7 Å². The zero-order chi connectivity index (χ0) is 7.49. The molecule has 0 rings (SSSR count). The number of hydrogen-bond acceptors (Lipinski definition) is 2. The van der Waals surface area contributed by atoms with Crippen LogP contribution in [0.1, 0.15) is 6.92 Å². The summed E-state index contributed by atoms with van der Waals surface area (Å²) >= 11 is 0.109. The van der Waals surface area contributed by atoms with Gasteiger partial charge in [0.25, 0.3) is 0 Å². The highest BCUT2D eigenvalue weighted by molar-refractivity contribution is 8.00. The molecule has 0 aliphatic heterocycles. The third-order valence-electron chi connectivity index (χ3n) is 0.575. The zero-order valence-corrected chi connectivity index (χ0v) is 5.54. The quantitative estimate of drug-likeness (QED) is 0.671. The Labute approximate surface area is 55.2 Å². The van der Waals surface area contributed by atoms with Crippen molar-refractivity contribution in [3.63, 3.8) is 0 Å². The second kappa shape index (κ2) is 3.00. The molecular formula is C4H6F2O2S. The maximum atomic E-state index is 11.9. The second-order valence-corrected chi connectivity index (χ2v) is 2.63. The van der Waals surface area contributed by atoms with Gasteiger partial charge in [0.2, 0.25) is 0 Å². The lowest BCUT2D eigenvalue weighted by molar-refractivity contribution is -0.152. The molecule has 0 bridgehead atoms. The first-order chi connectivity index (χ1) is 4.00. The first kappa shape index (κ1) is 8.68. The van der Waals surface area contributed by atoms with Crippen LogP contribution in [-0.2, 0) is 4.79 Å². The van der Waals surface area contributed by atoms with Crippen LogP contribution in [-0.4, -0.2) is 22.1 Å². The van der Waals surface area contributed by atoms with E-state index in [9.17, 15) is 13.6 Å². The number of thioether (sulfide) groups is 1. The molecule has 0 aromatic heterocycles. The average molecular weight is 156 g/mol. The van der Waals surface area contributed by atoms with Crippen LogP contribution in [0.3, 0.4) is 0 Å². The van der Waals surface area contributed by atoms with Crippen LogP contribution in [0.5, 0.6) is 0 Å².